The number of amides is 2. The SMILES string of the molecule is Cc1ccc(NC(=O)N2CC[C@@H](CC(F)(F)F)C2)cc1-c1cc(NCC(C)O)nc(N2CCOCC2)n1. The summed E-state index contributed by atoms with van der Waals surface area (Å²) in [5, 5.41) is 15.7. The average Bonchev–Trinajstić information content (AvgIpc) is 3.31. The summed E-state index contributed by atoms with van der Waals surface area (Å²) in [5.74, 6) is 0.524. The maximum atomic E-state index is 12.8. The fraction of sp³-hybridized carbons (Fsp3) is 0.560. The Kier molecular flexibility index (Phi) is 8.38. The zero-order valence-electron chi connectivity index (χ0n) is 21.0. The molecule has 12 heteroatoms. The summed E-state index contributed by atoms with van der Waals surface area (Å²) in [6.45, 7) is 6.76. The van der Waals surface area contributed by atoms with E-state index in [-0.39, 0.29) is 6.54 Å². The highest BCUT2D eigenvalue weighted by atomic mass is 19.4. The van der Waals surface area contributed by atoms with Crippen LogP contribution >= 0.6 is 0 Å². The maximum absolute atomic E-state index is 12.8. The molecule has 1 aromatic heterocycles. The number of aliphatic hydroxyl groups is 1. The molecule has 9 nitrogen and oxygen atoms in total. The summed E-state index contributed by atoms with van der Waals surface area (Å²) in [6.07, 6.45) is -5.34. The van der Waals surface area contributed by atoms with Crippen LogP contribution in [0.2, 0.25) is 0 Å². The number of aryl methyl sites for hydroxylation is 1. The van der Waals surface area contributed by atoms with Gasteiger partial charge in [-0.25, -0.2) is 9.78 Å². The molecule has 0 spiro atoms. The van der Waals surface area contributed by atoms with E-state index < -0.39 is 30.7 Å². The highest BCUT2D eigenvalue weighted by molar-refractivity contribution is 5.90. The van der Waals surface area contributed by atoms with Gasteiger partial charge in [-0.05, 0) is 43.9 Å². The Balaban J connectivity index is 1.54. The lowest BCUT2D eigenvalue weighted by Crippen LogP contribution is -2.37. The van der Waals surface area contributed by atoms with Crippen molar-refractivity contribution in [3.05, 3.63) is 29.8 Å². The van der Waals surface area contributed by atoms with Crippen LogP contribution in [0.1, 0.15) is 25.3 Å². The second-order valence-corrected chi connectivity index (χ2v) is 9.65. The maximum Gasteiger partial charge on any atom is 0.389 e. The highest BCUT2D eigenvalue weighted by Crippen LogP contribution is 2.32. The van der Waals surface area contributed by atoms with Gasteiger partial charge in [-0.1, -0.05) is 6.07 Å². The van der Waals surface area contributed by atoms with Gasteiger partial charge in [0.1, 0.15) is 5.82 Å². The number of anilines is 3. The zero-order valence-corrected chi connectivity index (χ0v) is 21.0. The number of alkyl halides is 3. The van der Waals surface area contributed by atoms with E-state index in [1.165, 1.54) is 4.90 Å². The molecular weight excluding hydrogens is 489 g/mol. The number of aromatic nitrogens is 2. The number of nitrogens with zero attached hydrogens (tertiary/aromatic N) is 4. The van der Waals surface area contributed by atoms with Crippen molar-refractivity contribution in [1.29, 1.82) is 0 Å². The van der Waals surface area contributed by atoms with E-state index in [0.717, 1.165) is 11.1 Å². The van der Waals surface area contributed by atoms with E-state index >= 15 is 0 Å². The Hall–Kier alpha value is -3.12. The van der Waals surface area contributed by atoms with Crippen LogP contribution in [-0.4, -0.2) is 84.2 Å². The molecule has 202 valence electrons. The van der Waals surface area contributed by atoms with Crippen molar-refractivity contribution in [3.8, 4) is 11.3 Å². The summed E-state index contributed by atoms with van der Waals surface area (Å²) < 4.78 is 43.6. The van der Waals surface area contributed by atoms with Gasteiger partial charge in [0.2, 0.25) is 5.95 Å². The van der Waals surface area contributed by atoms with Gasteiger partial charge in [-0.15, -0.1) is 0 Å². The number of aliphatic hydroxyl groups excluding tert-OH is 1. The van der Waals surface area contributed by atoms with E-state index in [9.17, 15) is 23.1 Å². The molecule has 2 atom stereocenters. The first-order chi connectivity index (χ1) is 17.6. The third-order valence-corrected chi connectivity index (χ3v) is 6.44. The van der Waals surface area contributed by atoms with Gasteiger partial charge in [0.15, 0.2) is 0 Å². The molecule has 0 saturated carbocycles. The van der Waals surface area contributed by atoms with E-state index in [1.807, 2.05) is 17.9 Å². The third-order valence-electron chi connectivity index (χ3n) is 6.44. The van der Waals surface area contributed by atoms with Crippen molar-refractivity contribution in [2.24, 2.45) is 5.92 Å². The number of carbonyl (C=O) groups is 1. The molecule has 2 aromatic rings. The van der Waals surface area contributed by atoms with E-state index in [1.54, 1.807) is 25.1 Å². The molecule has 2 saturated heterocycles. The van der Waals surface area contributed by atoms with Gasteiger partial charge < -0.3 is 30.3 Å². The van der Waals surface area contributed by atoms with Crippen molar-refractivity contribution in [1.82, 2.24) is 14.9 Å². The van der Waals surface area contributed by atoms with E-state index in [4.69, 9.17) is 9.72 Å². The summed E-state index contributed by atoms with van der Waals surface area (Å²) in [4.78, 5) is 25.6. The molecule has 0 aliphatic carbocycles. The van der Waals surface area contributed by atoms with Crippen molar-refractivity contribution in [3.63, 3.8) is 0 Å². The Morgan fingerprint density at radius 3 is 2.68 bits per heavy atom. The molecule has 4 rings (SSSR count). The molecule has 2 amide bonds. The number of likely N-dealkylation sites (tertiary alicyclic amines) is 1. The second kappa shape index (κ2) is 11.5. The fourth-order valence-corrected chi connectivity index (χ4v) is 4.51. The van der Waals surface area contributed by atoms with Crippen molar-refractivity contribution in [2.75, 3.05) is 61.5 Å². The number of ether oxygens (including phenoxy) is 1. The standard InChI is InChI=1S/C25H33F3N6O3/c1-16-3-4-19(30-24(36)34-6-5-18(15-34)13-25(26,27)28)11-20(16)21-12-22(29-14-17(2)35)32-23(31-21)33-7-9-37-10-8-33/h3-4,11-12,17-18,35H,5-10,13-15H2,1-2H3,(H,30,36)(H,29,31,32)/t17?,18-/m0/s1. The molecule has 37 heavy (non-hydrogen) atoms. The molecule has 0 radical (unpaired) electrons. The quantitative estimate of drug-likeness (QED) is 0.507. The largest absolute Gasteiger partial charge is 0.392 e. The van der Waals surface area contributed by atoms with Crippen LogP contribution in [0.4, 0.5) is 35.4 Å². The van der Waals surface area contributed by atoms with E-state index in [0.29, 0.717) is 69.0 Å². The van der Waals surface area contributed by atoms with Crippen molar-refractivity contribution < 1.29 is 27.8 Å². The number of nitrogens with one attached hydrogen (secondary N) is 2. The molecule has 2 aliphatic heterocycles. The topological polar surface area (TPSA) is 103 Å². The molecule has 3 N–H and O–H groups in total. The summed E-state index contributed by atoms with van der Waals surface area (Å²) in [7, 11) is 0. The van der Waals surface area contributed by atoms with Crippen LogP contribution in [-0.2, 0) is 4.74 Å². The number of halogens is 3. The number of urea groups is 1. The van der Waals surface area contributed by atoms with Crippen molar-refractivity contribution >= 4 is 23.5 Å². The Labute approximate surface area is 214 Å². The molecule has 1 aromatic carbocycles. The minimum absolute atomic E-state index is 0.0805. The Morgan fingerprint density at radius 2 is 1.97 bits per heavy atom. The number of hydrogen-bond donors (Lipinski definition) is 3. The number of rotatable bonds is 7. The fourth-order valence-electron chi connectivity index (χ4n) is 4.51. The first kappa shape index (κ1) is 26.9. The Morgan fingerprint density at radius 1 is 1.22 bits per heavy atom. The molecular formula is C25H33F3N6O3. The minimum Gasteiger partial charge on any atom is -0.392 e. The van der Waals surface area contributed by atoms with Gasteiger partial charge in [0, 0.05) is 56.5 Å². The average molecular weight is 523 g/mol. The van der Waals surface area contributed by atoms with Crippen LogP contribution in [0.3, 0.4) is 0 Å². The van der Waals surface area contributed by atoms with Gasteiger partial charge in [0.25, 0.3) is 0 Å². The molecule has 3 heterocycles. The minimum atomic E-state index is -4.23. The molecule has 0 bridgehead atoms. The monoisotopic (exact) mass is 522 g/mol. The first-order valence-corrected chi connectivity index (χ1v) is 12.4. The normalized spacial score (nSPS) is 19.1. The van der Waals surface area contributed by atoms with Gasteiger partial charge in [0.05, 0.1) is 25.0 Å². The first-order valence-electron chi connectivity index (χ1n) is 12.4. The van der Waals surface area contributed by atoms with Crippen LogP contribution in [0.25, 0.3) is 11.3 Å². The van der Waals surface area contributed by atoms with Crippen molar-refractivity contribution in [2.45, 2.75) is 39.0 Å². The second-order valence-electron chi connectivity index (χ2n) is 9.65. The van der Waals surface area contributed by atoms with E-state index in [2.05, 4.69) is 15.6 Å². The number of carbonyl (C=O) groups excluding carboxylic acids is 1. The van der Waals surface area contributed by atoms with Gasteiger partial charge in [-0.2, -0.15) is 18.2 Å². The molecule has 1 unspecified atom stereocenters. The van der Waals surface area contributed by atoms with Crippen LogP contribution < -0.4 is 15.5 Å². The third kappa shape index (κ3) is 7.45. The lowest BCUT2D eigenvalue weighted by atomic mass is 10.0. The van der Waals surface area contributed by atoms with Gasteiger partial charge >= 0.3 is 12.2 Å². The predicted molar refractivity (Wildman–Crippen MR) is 135 cm³/mol. The highest BCUT2D eigenvalue weighted by Gasteiger charge is 2.36. The summed E-state index contributed by atoms with van der Waals surface area (Å²) in [6, 6.07) is 6.80. The molecule has 2 aliphatic rings. The summed E-state index contributed by atoms with van der Waals surface area (Å²) >= 11 is 0. The summed E-state index contributed by atoms with van der Waals surface area (Å²) in [5.41, 5.74) is 2.88. The van der Waals surface area contributed by atoms with Crippen LogP contribution in [0, 0.1) is 12.8 Å². The number of morpholine rings is 1. The lowest BCUT2D eigenvalue weighted by Gasteiger charge is -2.27. The van der Waals surface area contributed by atoms with Crippen LogP contribution in [0.5, 0.6) is 0 Å². The van der Waals surface area contributed by atoms with Gasteiger partial charge in [-0.3, -0.25) is 0 Å². The zero-order chi connectivity index (χ0) is 26.6. The Bertz CT molecular complexity index is 1090. The predicted octanol–water partition coefficient (Wildman–Crippen LogP) is 3.89. The number of hydrogen-bond acceptors (Lipinski definition) is 7. The molecule has 2 fully saturated rings. The van der Waals surface area contributed by atoms with Crippen LogP contribution in [0.15, 0.2) is 24.3 Å². The number of benzene rings is 1. The lowest BCUT2D eigenvalue weighted by molar-refractivity contribution is -0.143. The smallest absolute Gasteiger partial charge is 0.389 e.